The molecule has 11 aromatic rings. The van der Waals surface area contributed by atoms with Crippen molar-refractivity contribution in [3.63, 3.8) is 0 Å². The maximum absolute atomic E-state index is 8.32. The normalized spacial score (nSPS) is 11.8. The van der Waals surface area contributed by atoms with Crippen LogP contribution in [-0.4, -0.2) is 9.13 Å². The van der Waals surface area contributed by atoms with E-state index >= 15 is 0 Å². The highest BCUT2D eigenvalue weighted by atomic mass is 16.3. The van der Waals surface area contributed by atoms with Gasteiger partial charge in [-0.3, -0.25) is 0 Å². The number of hydrogen-bond donors (Lipinski definition) is 0. The number of fused-ring (bicyclic) bond motifs is 10. The quantitative estimate of drug-likeness (QED) is 0.171. The molecule has 0 saturated heterocycles. The molecule has 0 radical (unpaired) electrons. The van der Waals surface area contributed by atoms with E-state index in [1.54, 1.807) is 0 Å². The van der Waals surface area contributed by atoms with Gasteiger partial charge in [-0.2, -0.15) is 0 Å². The fourth-order valence-corrected chi connectivity index (χ4v) is 8.45. The van der Waals surface area contributed by atoms with E-state index in [9.17, 15) is 0 Å². The van der Waals surface area contributed by atoms with Crippen LogP contribution in [0.4, 0.5) is 5.69 Å². The summed E-state index contributed by atoms with van der Waals surface area (Å²) in [7, 11) is 0. The van der Waals surface area contributed by atoms with Gasteiger partial charge in [-0.15, -0.1) is 0 Å². The topological polar surface area (TPSA) is 27.4 Å². The van der Waals surface area contributed by atoms with Gasteiger partial charge in [0.25, 0.3) is 0 Å². The molecule has 4 heteroatoms. The fourth-order valence-electron chi connectivity index (χ4n) is 8.45. The molecular weight excluding hydrogens is 647 g/mol. The Morgan fingerprint density at radius 3 is 1.87 bits per heavy atom. The zero-order valence-electron chi connectivity index (χ0n) is 28.5. The molecule has 8 aromatic carbocycles. The van der Waals surface area contributed by atoms with Crippen molar-refractivity contribution in [1.82, 2.24) is 9.13 Å². The van der Waals surface area contributed by atoms with E-state index < -0.39 is 0 Å². The summed E-state index contributed by atoms with van der Waals surface area (Å²) in [6.07, 6.45) is 0. The molecule has 0 N–H and O–H groups in total. The van der Waals surface area contributed by atoms with Crippen molar-refractivity contribution < 1.29 is 4.42 Å². The number of rotatable bonds is 4. The zero-order chi connectivity index (χ0) is 35.0. The first-order valence-corrected chi connectivity index (χ1v) is 17.8. The Morgan fingerprint density at radius 1 is 0.434 bits per heavy atom. The second-order valence-corrected chi connectivity index (χ2v) is 13.6. The van der Waals surface area contributed by atoms with Crippen LogP contribution in [-0.2, 0) is 0 Å². The second kappa shape index (κ2) is 11.3. The average Bonchev–Trinajstić information content (AvgIpc) is 3.88. The van der Waals surface area contributed by atoms with Crippen molar-refractivity contribution in [2.24, 2.45) is 0 Å². The van der Waals surface area contributed by atoms with Crippen LogP contribution in [0.15, 0.2) is 180 Å². The van der Waals surface area contributed by atoms with Crippen LogP contribution >= 0.6 is 0 Å². The standard InChI is InChI=1S/C49H29N3O/c1-50-40-17-11-20-43(52-42-19-9-6-15-36(42)38-28-29-46-48(49(38)52)39-16-7-10-21-45(39)53-46)47(40)32-22-25-34(26-23-32)51-41-18-8-5-14-35(41)37-27-24-33(30-44(37)51)31-12-3-2-4-13-31/h2-30H. The van der Waals surface area contributed by atoms with Crippen molar-refractivity contribution >= 4 is 71.2 Å². The van der Waals surface area contributed by atoms with E-state index in [1.165, 1.54) is 21.9 Å². The molecule has 0 spiro atoms. The number of benzene rings is 8. The molecule has 53 heavy (non-hydrogen) atoms. The van der Waals surface area contributed by atoms with E-state index in [0.717, 1.165) is 77.3 Å². The van der Waals surface area contributed by atoms with E-state index in [0.29, 0.717) is 5.69 Å². The zero-order valence-corrected chi connectivity index (χ0v) is 28.5. The molecule has 0 aliphatic carbocycles. The van der Waals surface area contributed by atoms with Crippen LogP contribution in [0.5, 0.6) is 0 Å². The molecule has 246 valence electrons. The summed E-state index contributed by atoms with van der Waals surface area (Å²) in [5.74, 6) is 0. The SMILES string of the molecule is [C-]#[N+]c1cccc(-n2c3ccccc3c3ccc4oc5ccccc5c4c32)c1-c1ccc(-n2c3ccccc3c3ccc(-c4ccccc4)cc32)cc1. The lowest BCUT2D eigenvalue weighted by Crippen LogP contribution is -1.98. The highest BCUT2D eigenvalue weighted by Crippen LogP contribution is 2.45. The van der Waals surface area contributed by atoms with Gasteiger partial charge >= 0.3 is 0 Å². The Kier molecular flexibility index (Phi) is 6.28. The van der Waals surface area contributed by atoms with Crippen LogP contribution in [0.25, 0.3) is 104 Å². The molecule has 3 heterocycles. The van der Waals surface area contributed by atoms with E-state index in [4.69, 9.17) is 11.0 Å². The minimum absolute atomic E-state index is 0.606. The number of aromatic nitrogens is 2. The number of nitrogens with zero attached hydrogens (tertiary/aromatic N) is 3. The van der Waals surface area contributed by atoms with Gasteiger partial charge in [0, 0.05) is 43.9 Å². The van der Waals surface area contributed by atoms with Crippen LogP contribution < -0.4 is 0 Å². The van der Waals surface area contributed by atoms with Crippen molar-refractivity contribution in [3.05, 3.63) is 187 Å². The smallest absolute Gasteiger partial charge is 0.196 e. The number of hydrogen-bond acceptors (Lipinski definition) is 1. The monoisotopic (exact) mass is 675 g/mol. The van der Waals surface area contributed by atoms with Gasteiger partial charge < -0.3 is 13.6 Å². The van der Waals surface area contributed by atoms with Gasteiger partial charge in [0.05, 0.1) is 34.0 Å². The van der Waals surface area contributed by atoms with E-state index in [-0.39, 0.29) is 0 Å². The third-order valence-corrected chi connectivity index (χ3v) is 10.8. The molecule has 0 bridgehead atoms. The molecule has 0 saturated carbocycles. The minimum Gasteiger partial charge on any atom is -0.456 e. The molecule has 0 fully saturated rings. The van der Waals surface area contributed by atoms with Crippen molar-refractivity contribution in [1.29, 1.82) is 0 Å². The van der Waals surface area contributed by atoms with Gasteiger partial charge in [0.15, 0.2) is 5.69 Å². The molecule has 11 rings (SSSR count). The lowest BCUT2D eigenvalue weighted by molar-refractivity contribution is 0.669. The summed E-state index contributed by atoms with van der Waals surface area (Å²) in [6.45, 7) is 8.32. The molecule has 0 aliphatic heterocycles. The predicted octanol–water partition coefficient (Wildman–Crippen LogP) is 13.7. The molecule has 4 nitrogen and oxygen atoms in total. The summed E-state index contributed by atoms with van der Waals surface area (Å²) in [5.41, 5.74) is 13.1. The summed E-state index contributed by atoms with van der Waals surface area (Å²) in [4.78, 5) is 4.09. The maximum atomic E-state index is 8.32. The largest absolute Gasteiger partial charge is 0.456 e. The first kappa shape index (κ1) is 29.4. The first-order valence-electron chi connectivity index (χ1n) is 17.8. The summed E-state index contributed by atoms with van der Waals surface area (Å²) in [5, 5.41) is 6.89. The van der Waals surface area contributed by atoms with Gasteiger partial charge in [0.2, 0.25) is 0 Å². The van der Waals surface area contributed by atoms with Crippen LogP contribution in [0.1, 0.15) is 0 Å². The third kappa shape index (κ3) is 4.29. The summed E-state index contributed by atoms with van der Waals surface area (Å²) in [6, 6.07) is 61.7. The van der Waals surface area contributed by atoms with Crippen LogP contribution in [0.3, 0.4) is 0 Å². The van der Waals surface area contributed by atoms with Gasteiger partial charge in [0.1, 0.15) is 11.2 Å². The predicted molar refractivity (Wildman–Crippen MR) is 220 cm³/mol. The Morgan fingerprint density at radius 2 is 1.08 bits per heavy atom. The first-order chi connectivity index (χ1) is 26.3. The van der Waals surface area contributed by atoms with E-state index in [2.05, 4.69) is 166 Å². The highest BCUT2D eigenvalue weighted by Gasteiger charge is 2.22. The molecule has 0 atom stereocenters. The maximum Gasteiger partial charge on any atom is 0.196 e. The lowest BCUT2D eigenvalue weighted by Gasteiger charge is -2.17. The van der Waals surface area contributed by atoms with Gasteiger partial charge in [-0.05, 0) is 71.3 Å². The molecule has 0 unspecified atom stereocenters. The molecule has 3 aromatic heterocycles. The minimum atomic E-state index is 0.606. The van der Waals surface area contributed by atoms with Crippen molar-refractivity contribution in [2.75, 3.05) is 0 Å². The third-order valence-electron chi connectivity index (χ3n) is 10.8. The summed E-state index contributed by atoms with van der Waals surface area (Å²) >= 11 is 0. The number of furan rings is 1. The van der Waals surface area contributed by atoms with E-state index in [1.807, 2.05) is 24.3 Å². The summed E-state index contributed by atoms with van der Waals surface area (Å²) < 4.78 is 11.1. The Labute approximate surface area is 304 Å². The number of para-hydroxylation sites is 3. The van der Waals surface area contributed by atoms with Crippen molar-refractivity contribution in [2.45, 2.75) is 0 Å². The Bertz CT molecular complexity index is 3280. The molecular formula is C49H29N3O. The molecule has 0 aliphatic rings. The van der Waals surface area contributed by atoms with Crippen LogP contribution in [0, 0.1) is 6.57 Å². The molecule has 0 amide bonds. The fraction of sp³-hybridized carbons (Fsp3) is 0. The second-order valence-electron chi connectivity index (χ2n) is 13.6. The van der Waals surface area contributed by atoms with Gasteiger partial charge in [-0.25, -0.2) is 4.85 Å². The highest BCUT2D eigenvalue weighted by molar-refractivity contribution is 6.24. The lowest BCUT2D eigenvalue weighted by atomic mass is 10.00. The Balaban J connectivity index is 1.15. The van der Waals surface area contributed by atoms with Crippen LogP contribution in [0.2, 0.25) is 0 Å². The van der Waals surface area contributed by atoms with Crippen molar-refractivity contribution in [3.8, 4) is 33.6 Å². The Hall–Kier alpha value is -7.35. The van der Waals surface area contributed by atoms with Gasteiger partial charge in [-0.1, -0.05) is 121 Å². The average molecular weight is 676 g/mol.